The standard InChI is InChI=1S/C27H28F3N5O/c1-3-34-8-10-35(11-9-34)15-18-4-6-19(7-5-18)33-26-25(30)27(32-16-31-26)36-23-14-22(28)20-12-17(2)13-21(20)24(23)29/h4-7,13-14,16H,3,8-12,15H2,1-2H3,(H,31,32,33). The van der Waals surface area contributed by atoms with Gasteiger partial charge in [-0.05, 0) is 37.6 Å². The van der Waals surface area contributed by atoms with Crippen molar-refractivity contribution in [1.29, 1.82) is 0 Å². The SMILES string of the molecule is CCN1CCN(Cc2ccc(Nc3ncnc(Oc4cc(F)c5c(c4F)C=C(C)C5)c3F)cc2)CC1. The van der Waals surface area contributed by atoms with Crippen LogP contribution in [-0.4, -0.2) is 52.5 Å². The Morgan fingerprint density at radius 1 is 0.972 bits per heavy atom. The Balaban J connectivity index is 1.27. The Hall–Kier alpha value is -3.43. The molecule has 0 atom stereocenters. The summed E-state index contributed by atoms with van der Waals surface area (Å²) < 4.78 is 49.8. The normalized spacial score (nSPS) is 16.1. The van der Waals surface area contributed by atoms with E-state index in [2.05, 4.69) is 32.0 Å². The van der Waals surface area contributed by atoms with Crippen LogP contribution in [0.4, 0.5) is 24.7 Å². The van der Waals surface area contributed by atoms with Gasteiger partial charge in [0.25, 0.3) is 5.88 Å². The van der Waals surface area contributed by atoms with E-state index in [1.807, 2.05) is 24.3 Å². The zero-order valence-electron chi connectivity index (χ0n) is 20.3. The van der Waals surface area contributed by atoms with Gasteiger partial charge in [-0.2, -0.15) is 9.37 Å². The molecule has 36 heavy (non-hydrogen) atoms. The fraction of sp³-hybridized carbons (Fsp3) is 0.333. The molecule has 2 aliphatic rings. The highest BCUT2D eigenvalue weighted by Gasteiger charge is 2.24. The summed E-state index contributed by atoms with van der Waals surface area (Å²) in [7, 11) is 0. The molecule has 0 unspecified atom stereocenters. The molecule has 6 nitrogen and oxygen atoms in total. The smallest absolute Gasteiger partial charge is 0.261 e. The van der Waals surface area contributed by atoms with Crippen LogP contribution in [0.1, 0.15) is 30.5 Å². The van der Waals surface area contributed by atoms with Crippen LogP contribution in [0.15, 0.2) is 42.2 Å². The molecule has 1 fully saturated rings. The largest absolute Gasteiger partial charge is 0.433 e. The second kappa shape index (κ2) is 10.3. The first kappa shape index (κ1) is 24.3. The third-order valence-corrected chi connectivity index (χ3v) is 6.67. The van der Waals surface area contributed by atoms with Crippen LogP contribution in [0.2, 0.25) is 0 Å². The number of anilines is 2. The number of hydrogen-bond acceptors (Lipinski definition) is 6. The fourth-order valence-corrected chi connectivity index (χ4v) is 4.61. The van der Waals surface area contributed by atoms with E-state index in [0.717, 1.165) is 62.8 Å². The maximum Gasteiger partial charge on any atom is 0.261 e. The summed E-state index contributed by atoms with van der Waals surface area (Å²) in [5, 5.41) is 2.91. The van der Waals surface area contributed by atoms with E-state index in [9.17, 15) is 8.78 Å². The predicted molar refractivity (Wildman–Crippen MR) is 133 cm³/mol. The lowest BCUT2D eigenvalue weighted by Crippen LogP contribution is -2.45. The van der Waals surface area contributed by atoms with Gasteiger partial charge in [-0.25, -0.2) is 13.8 Å². The topological polar surface area (TPSA) is 53.5 Å². The number of benzene rings is 2. The van der Waals surface area contributed by atoms with Crippen LogP contribution >= 0.6 is 0 Å². The third-order valence-electron chi connectivity index (χ3n) is 6.67. The van der Waals surface area contributed by atoms with E-state index in [0.29, 0.717) is 12.1 Å². The summed E-state index contributed by atoms with van der Waals surface area (Å²) in [5.41, 5.74) is 3.03. The molecule has 0 amide bonds. The van der Waals surface area contributed by atoms with Gasteiger partial charge in [0.15, 0.2) is 17.4 Å². The fourth-order valence-electron chi connectivity index (χ4n) is 4.61. The van der Waals surface area contributed by atoms with E-state index in [1.54, 1.807) is 13.0 Å². The van der Waals surface area contributed by atoms with E-state index in [1.165, 1.54) is 0 Å². The average Bonchev–Trinajstić information content (AvgIpc) is 3.29. The highest BCUT2D eigenvalue weighted by molar-refractivity contribution is 5.66. The Morgan fingerprint density at radius 2 is 1.69 bits per heavy atom. The number of aromatic nitrogens is 2. The molecule has 5 rings (SSSR count). The number of piperazine rings is 1. The average molecular weight is 496 g/mol. The number of halogens is 3. The quantitative estimate of drug-likeness (QED) is 0.466. The van der Waals surface area contributed by atoms with Gasteiger partial charge in [-0.1, -0.05) is 30.7 Å². The van der Waals surface area contributed by atoms with Crippen LogP contribution in [0.25, 0.3) is 6.08 Å². The molecule has 0 bridgehead atoms. The Morgan fingerprint density at radius 3 is 2.42 bits per heavy atom. The van der Waals surface area contributed by atoms with Crippen molar-refractivity contribution >= 4 is 17.6 Å². The summed E-state index contributed by atoms with van der Waals surface area (Å²) in [5.74, 6) is -3.29. The Labute approximate surface area is 208 Å². The van der Waals surface area contributed by atoms with E-state index in [4.69, 9.17) is 4.74 Å². The van der Waals surface area contributed by atoms with Gasteiger partial charge >= 0.3 is 0 Å². The lowest BCUT2D eigenvalue weighted by atomic mass is 10.1. The number of nitrogens with zero attached hydrogens (tertiary/aromatic N) is 4. The van der Waals surface area contributed by atoms with Crippen molar-refractivity contribution in [3.05, 3.63) is 76.4 Å². The van der Waals surface area contributed by atoms with Gasteiger partial charge in [-0.3, -0.25) is 4.90 Å². The molecule has 0 radical (unpaired) electrons. The van der Waals surface area contributed by atoms with Gasteiger partial charge < -0.3 is 15.0 Å². The summed E-state index contributed by atoms with van der Waals surface area (Å²) in [4.78, 5) is 12.6. The molecule has 3 aromatic rings. The molecule has 1 N–H and O–H groups in total. The lowest BCUT2D eigenvalue weighted by Gasteiger charge is -2.34. The minimum absolute atomic E-state index is 0.124. The number of hydrogen-bond donors (Lipinski definition) is 1. The van der Waals surface area contributed by atoms with Gasteiger partial charge in [-0.15, -0.1) is 0 Å². The molecule has 1 saturated heterocycles. The number of ether oxygens (including phenoxy) is 1. The van der Waals surface area contributed by atoms with Gasteiger partial charge in [0, 0.05) is 55.6 Å². The second-order valence-corrected chi connectivity index (χ2v) is 9.21. The number of allylic oxidation sites excluding steroid dienone is 1. The minimum Gasteiger partial charge on any atom is -0.433 e. The predicted octanol–water partition coefficient (Wildman–Crippen LogP) is 5.53. The van der Waals surface area contributed by atoms with Crippen molar-refractivity contribution in [3.63, 3.8) is 0 Å². The molecule has 1 aliphatic carbocycles. The second-order valence-electron chi connectivity index (χ2n) is 9.21. The number of fused-ring (bicyclic) bond motifs is 1. The van der Waals surface area contributed by atoms with Crippen molar-refractivity contribution in [2.45, 2.75) is 26.8 Å². The van der Waals surface area contributed by atoms with Gasteiger partial charge in [0.05, 0.1) is 0 Å². The first-order chi connectivity index (χ1) is 17.4. The van der Waals surface area contributed by atoms with Crippen LogP contribution in [0.5, 0.6) is 11.6 Å². The highest BCUT2D eigenvalue weighted by Crippen LogP contribution is 2.37. The molecular weight excluding hydrogens is 467 g/mol. The summed E-state index contributed by atoms with van der Waals surface area (Å²) >= 11 is 0. The van der Waals surface area contributed by atoms with Crippen molar-refractivity contribution in [2.24, 2.45) is 0 Å². The Kier molecular flexibility index (Phi) is 6.93. The summed E-state index contributed by atoms with van der Waals surface area (Å²) in [6.07, 6.45) is 3.01. The van der Waals surface area contributed by atoms with Gasteiger partial charge in [0.2, 0.25) is 5.82 Å². The number of likely N-dealkylation sites (N-methyl/N-ethyl adjacent to an activating group) is 1. The highest BCUT2D eigenvalue weighted by atomic mass is 19.1. The van der Waals surface area contributed by atoms with E-state index >= 15 is 4.39 Å². The van der Waals surface area contributed by atoms with E-state index < -0.39 is 29.1 Å². The zero-order valence-corrected chi connectivity index (χ0v) is 20.3. The van der Waals surface area contributed by atoms with Crippen LogP contribution in [-0.2, 0) is 13.0 Å². The van der Waals surface area contributed by atoms with Crippen LogP contribution in [0, 0.1) is 17.5 Å². The molecule has 0 saturated carbocycles. The zero-order chi connectivity index (χ0) is 25.2. The number of nitrogens with one attached hydrogen (secondary N) is 1. The molecule has 9 heteroatoms. The molecule has 1 aliphatic heterocycles. The summed E-state index contributed by atoms with van der Waals surface area (Å²) in [6.45, 7) is 10.1. The van der Waals surface area contributed by atoms with Crippen molar-refractivity contribution < 1.29 is 17.9 Å². The molecule has 2 aromatic carbocycles. The summed E-state index contributed by atoms with van der Waals surface area (Å²) in [6, 6.07) is 8.61. The lowest BCUT2D eigenvalue weighted by molar-refractivity contribution is 0.132. The van der Waals surface area contributed by atoms with Crippen molar-refractivity contribution in [2.75, 3.05) is 38.0 Å². The minimum atomic E-state index is -0.901. The molecule has 0 spiro atoms. The first-order valence-corrected chi connectivity index (χ1v) is 12.1. The van der Waals surface area contributed by atoms with Crippen LogP contribution < -0.4 is 10.1 Å². The third kappa shape index (κ3) is 5.08. The number of rotatable bonds is 7. The van der Waals surface area contributed by atoms with E-state index in [-0.39, 0.29) is 16.9 Å². The first-order valence-electron chi connectivity index (χ1n) is 12.1. The van der Waals surface area contributed by atoms with Crippen LogP contribution in [0.3, 0.4) is 0 Å². The maximum absolute atomic E-state index is 15.1. The molecule has 1 aromatic heterocycles. The monoisotopic (exact) mass is 495 g/mol. The van der Waals surface area contributed by atoms with Gasteiger partial charge in [0.1, 0.15) is 12.1 Å². The Bertz CT molecular complexity index is 1290. The van der Waals surface area contributed by atoms with Crippen molar-refractivity contribution in [1.82, 2.24) is 19.8 Å². The maximum atomic E-state index is 15.1. The van der Waals surface area contributed by atoms with Crippen molar-refractivity contribution in [3.8, 4) is 11.6 Å². The molecular formula is C27H28F3N5O. The molecule has 2 heterocycles. The molecule has 188 valence electrons.